The second-order valence-electron chi connectivity index (χ2n) is 12.4. The fraction of sp³-hybridized carbons (Fsp3) is 0.679. The fourth-order valence-electron chi connectivity index (χ4n) is 8.75. The number of hydrogen-bond acceptors (Lipinski definition) is 7. The zero-order valence-electron chi connectivity index (χ0n) is 21.3. The highest BCUT2D eigenvalue weighted by molar-refractivity contribution is 5.95. The van der Waals surface area contributed by atoms with Crippen molar-refractivity contribution in [1.29, 1.82) is 0 Å². The summed E-state index contributed by atoms with van der Waals surface area (Å²) in [5.41, 5.74) is -0.893. The van der Waals surface area contributed by atoms with Crippen molar-refractivity contribution in [2.75, 3.05) is 0 Å². The fourth-order valence-corrected chi connectivity index (χ4v) is 8.75. The first-order valence-electron chi connectivity index (χ1n) is 12.6. The summed E-state index contributed by atoms with van der Waals surface area (Å²) in [5, 5.41) is 22.3. The van der Waals surface area contributed by atoms with E-state index in [9.17, 15) is 24.6 Å². The number of aliphatic hydroxyl groups is 2. The molecule has 1 heterocycles. The third kappa shape index (κ3) is 3.00. The number of aliphatic hydroxyl groups excluding tert-OH is 2. The Bertz CT molecular complexity index is 1100. The molecule has 0 radical (unpaired) electrons. The van der Waals surface area contributed by atoms with Gasteiger partial charge >= 0.3 is 11.9 Å². The number of ketones is 1. The van der Waals surface area contributed by atoms with Crippen LogP contribution in [0.25, 0.3) is 0 Å². The molecule has 7 heteroatoms. The van der Waals surface area contributed by atoms with Gasteiger partial charge in [-0.15, -0.1) is 0 Å². The molecule has 2 fully saturated rings. The quantitative estimate of drug-likeness (QED) is 0.457. The summed E-state index contributed by atoms with van der Waals surface area (Å²) in [5.74, 6) is -1.37. The normalized spacial score (nSPS) is 47.8. The molecule has 1 aliphatic heterocycles. The van der Waals surface area contributed by atoms with Gasteiger partial charge in [-0.2, -0.15) is 0 Å². The first-order valence-corrected chi connectivity index (χ1v) is 12.6. The van der Waals surface area contributed by atoms with Crippen LogP contribution in [0.4, 0.5) is 0 Å². The van der Waals surface area contributed by atoms with Gasteiger partial charge in [0.15, 0.2) is 5.78 Å². The summed E-state index contributed by atoms with van der Waals surface area (Å²) in [6.07, 6.45) is 6.14. The van der Waals surface area contributed by atoms with Crippen molar-refractivity contribution < 1.29 is 34.1 Å². The van der Waals surface area contributed by atoms with Gasteiger partial charge in [0.1, 0.15) is 6.10 Å². The lowest BCUT2D eigenvalue weighted by Gasteiger charge is -2.67. The van der Waals surface area contributed by atoms with Crippen LogP contribution in [0.3, 0.4) is 0 Å². The molecule has 2 N–H and O–H groups in total. The Morgan fingerprint density at radius 2 is 1.74 bits per heavy atom. The summed E-state index contributed by atoms with van der Waals surface area (Å²) >= 11 is 0. The van der Waals surface area contributed by atoms with E-state index in [1.165, 1.54) is 13.0 Å². The van der Waals surface area contributed by atoms with Gasteiger partial charge in [0.05, 0.1) is 6.10 Å². The van der Waals surface area contributed by atoms with Gasteiger partial charge in [0, 0.05) is 40.7 Å². The molecule has 0 aromatic rings. The number of cyclic esters (lactones) is 1. The molecule has 0 amide bonds. The van der Waals surface area contributed by atoms with Crippen LogP contribution in [-0.2, 0) is 23.9 Å². The molecular weight excluding hydrogens is 448 g/mol. The molecular formula is C28H36O7. The van der Waals surface area contributed by atoms with Crippen molar-refractivity contribution in [3.63, 3.8) is 0 Å². The number of allylic oxidation sites excluding steroid dienone is 3. The first-order chi connectivity index (χ1) is 16.2. The summed E-state index contributed by atoms with van der Waals surface area (Å²) in [6.45, 7) is 11.6. The predicted molar refractivity (Wildman–Crippen MR) is 126 cm³/mol. The molecule has 0 bridgehead atoms. The van der Waals surface area contributed by atoms with Gasteiger partial charge in [-0.25, -0.2) is 4.79 Å². The van der Waals surface area contributed by atoms with Gasteiger partial charge < -0.3 is 19.7 Å². The number of hydrogen-bond donors (Lipinski definition) is 2. The Labute approximate surface area is 206 Å². The van der Waals surface area contributed by atoms with Crippen molar-refractivity contribution in [2.24, 2.45) is 39.4 Å². The minimum atomic E-state index is -1.33. The van der Waals surface area contributed by atoms with Crippen molar-refractivity contribution in [3.05, 3.63) is 35.5 Å². The molecule has 190 valence electrons. The molecule has 4 aliphatic carbocycles. The first kappa shape index (κ1) is 24.4. The third-order valence-corrected chi connectivity index (χ3v) is 10.5. The molecule has 0 saturated heterocycles. The molecule has 9 atom stereocenters. The Morgan fingerprint density at radius 3 is 2.34 bits per heavy atom. The van der Waals surface area contributed by atoms with E-state index in [4.69, 9.17) is 9.47 Å². The lowest BCUT2D eigenvalue weighted by Crippen LogP contribution is -2.66. The van der Waals surface area contributed by atoms with Crippen LogP contribution in [-0.4, -0.2) is 46.4 Å². The van der Waals surface area contributed by atoms with Crippen LogP contribution in [0.15, 0.2) is 35.5 Å². The monoisotopic (exact) mass is 484 g/mol. The lowest BCUT2D eigenvalue weighted by atomic mass is 9.38. The van der Waals surface area contributed by atoms with E-state index >= 15 is 0 Å². The number of esters is 2. The van der Waals surface area contributed by atoms with E-state index in [1.54, 1.807) is 6.08 Å². The number of rotatable bonds is 2. The molecule has 7 nitrogen and oxygen atoms in total. The zero-order chi connectivity index (χ0) is 25.7. The van der Waals surface area contributed by atoms with Crippen LogP contribution in [0.2, 0.25) is 0 Å². The number of fused-ring (bicyclic) bond motifs is 5. The molecule has 2 saturated carbocycles. The highest BCUT2D eigenvalue weighted by Crippen LogP contribution is 2.72. The molecule has 35 heavy (non-hydrogen) atoms. The Balaban J connectivity index is 1.66. The second kappa shape index (κ2) is 7.39. The Morgan fingerprint density at radius 1 is 1.06 bits per heavy atom. The van der Waals surface area contributed by atoms with Crippen LogP contribution in [0, 0.1) is 39.4 Å². The van der Waals surface area contributed by atoms with E-state index in [2.05, 4.69) is 19.9 Å². The van der Waals surface area contributed by atoms with Crippen LogP contribution >= 0.6 is 0 Å². The summed E-state index contributed by atoms with van der Waals surface area (Å²) < 4.78 is 11.0. The number of carbonyl (C=O) groups is 3. The summed E-state index contributed by atoms with van der Waals surface area (Å²) in [4.78, 5) is 37.1. The molecule has 0 spiro atoms. The van der Waals surface area contributed by atoms with Crippen molar-refractivity contribution >= 4 is 17.7 Å². The van der Waals surface area contributed by atoms with Gasteiger partial charge in [-0.1, -0.05) is 52.3 Å². The topological polar surface area (TPSA) is 110 Å². The smallest absolute Gasteiger partial charge is 0.333 e. The maximum Gasteiger partial charge on any atom is 0.333 e. The minimum Gasteiger partial charge on any atom is -0.462 e. The standard InChI is InChI=1S/C28H36O7/c1-14(29)34-22-13-19-26(4)10-9-20(30)25(2,3)18(26)12-21(31)28(19,6)17-8-7-16(27(17,22)5)15-11-23(32)35-24(15)33/h8-11,16,18-19,21-22,24,31,33H,7,12-13H2,1-6H3/t16-,18-,19+,21-,22-,24+,26-,27-,28-/m0/s1. The molecule has 5 rings (SSSR count). The van der Waals surface area contributed by atoms with Crippen molar-refractivity contribution in [1.82, 2.24) is 0 Å². The van der Waals surface area contributed by atoms with Crippen LogP contribution in [0.5, 0.6) is 0 Å². The van der Waals surface area contributed by atoms with Gasteiger partial charge in [0.2, 0.25) is 6.29 Å². The van der Waals surface area contributed by atoms with E-state index in [1.807, 2.05) is 26.8 Å². The van der Waals surface area contributed by atoms with Gasteiger partial charge in [-0.3, -0.25) is 9.59 Å². The molecule has 0 aromatic heterocycles. The number of carbonyl (C=O) groups excluding carboxylic acids is 3. The summed E-state index contributed by atoms with van der Waals surface area (Å²) in [6, 6.07) is 0. The third-order valence-electron chi connectivity index (χ3n) is 10.5. The van der Waals surface area contributed by atoms with Crippen LogP contribution in [0.1, 0.15) is 60.8 Å². The van der Waals surface area contributed by atoms with Gasteiger partial charge in [0.25, 0.3) is 0 Å². The highest BCUT2D eigenvalue weighted by Gasteiger charge is 2.70. The van der Waals surface area contributed by atoms with E-state index in [0.717, 1.165) is 5.57 Å². The molecule has 0 unspecified atom stereocenters. The maximum atomic E-state index is 12.8. The highest BCUT2D eigenvalue weighted by atomic mass is 16.6. The lowest BCUT2D eigenvalue weighted by molar-refractivity contribution is -0.193. The molecule has 5 aliphatic rings. The number of ether oxygens (including phenoxy) is 2. The van der Waals surface area contributed by atoms with E-state index in [-0.39, 0.29) is 23.5 Å². The molecule has 0 aromatic carbocycles. The average Bonchev–Trinajstić information content (AvgIpc) is 3.28. The van der Waals surface area contributed by atoms with E-state index < -0.39 is 52.1 Å². The zero-order valence-corrected chi connectivity index (χ0v) is 21.3. The average molecular weight is 485 g/mol. The van der Waals surface area contributed by atoms with E-state index in [0.29, 0.717) is 24.8 Å². The maximum absolute atomic E-state index is 12.8. The largest absolute Gasteiger partial charge is 0.462 e. The predicted octanol–water partition coefficient (Wildman–Crippen LogP) is 3.25. The summed E-state index contributed by atoms with van der Waals surface area (Å²) in [7, 11) is 0. The van der Waals surface area contributed by atoms with Gasteiger partial charge in [-0.05, 0) is 42.6 Å². The Hall–Kier alpha value is -2.25. The minimum absolute atomic E-state index is 0.0638. The van der Waals surface area contributed by atoms with Crippen molar-refractivity contribution in [2.45, 2.75) is 79.3 Å². The van der Waals surface area contributed by atoms with Crippen LogP contribution < -0.4 is 0 Å². The second-order valence-corrected chi connectivity index (χ2v) is 12.4. The van der Waals surface area contributed by atoms with Crippen molar-refractivity contribution in [3.8, 4) is 0 Å². The SMILES string of the molecule is CC(=O)O[C@H]1C[C@@H]2[C@@]3(C)C=CC(=O)C(C)(C)[C@@H]3C[C@H](O)[C@@]2(C)C2=CC[C@@H](C3=CC(=O)O[C@H]3O)[C@@]21C. The Kier molecular flexibility index (Phi) is 5.16.